The van der Waals surface area contributed by atoms with Crippen LogP contribution >= 0.6 is 0 Å². The number of nitrogens with zero attached hydrogens (tertiary/aromatic N) is 3. The first-order valence-electron chi connectivity index (χ1n) is 8.63. The summed E-state index contributed by atoms with van der Waals surface area (Å²) in [6.07, 6.45) is 0.677. The molecule has 2 aliphatic heterocycles. The molecule has 1 amide bonds. The van der Waals surface area contributed by atoms with Gasteiger partial charge in [0.25, 0.3) is 0 Å². The number of hydrogen-bond donors (Lipinski definition) is 1. The molecule has 2 fully saturated rings. The molecule has 1 atom stereocenters. The predicted octanol–water partition coefficient (Wildman–Crippen LogP) is 0.199. The van der Waals surface area contributed by atoms with Gasteiger partial charge in [-0.1, -0.05) is 12.1 Å². The summed E-state index contributed by atoms with van der Waals surface area (Å²) < 4.78 is 11.2. The summed E-state index contributed by atoms with van der Waals surface area (Å²) in [7, 11) is 0. The number of piperazine rings is 1. The van der Waals surface area contributed by atoms with Crippen molar-refractivity contribution in [3.63, 3.8) is 0 Å². The van der Waals surface area contributed by atoms with Crippen molar-refractivity contribution in [1.29, 1.82) is 5.26 Å². The molecule has 3 rings (SSSR count). The molecule has 25 heavy (non-hydrogen) atoms. The number of benzene rings is 1. The lowest BCUT2D eigenvalue weighted by molar-refractivity contribution is -0.132. The Morgan fingerprint density at radius 2 is 2.08 bits per heavy atom. The van der Waals surface area contributed by atoms with Crippen LogP contribution < -0.4 is 10.5 Å². The fraction of sp³-hybridized carbons (Fsp3) is 0.556. The number of primary amides is 1. The third-order valence-electron chi connectivity index (χ3n) is 5.11. The minimum Gasteiger partial charge on any atom is -0.491 e. The molecule has 134 valence electrons. The quantitative estimate of drug-likeness (QED) is 0.793. The van der Waals surface area contributed by atoms with Crippen molar-refractivity contribution in [3.05, 3.63) is 29.8 Å². The molecule has 0 saturated carbocycles. The van der Waals surface area contributed by atoms with Crippen LogP contribution in [0.5, 0.6) is 5.75 Å². The maximum atomic E-state index is 11.9. The highest BCUT2D eigenvalue weighted by molar-refractivity contribution is 5.85. The Bertz CT molecular complexity index is 644. The number of carbonyl (C=O) groups excluding carboxylic acids is 1. The average Bonchev–Trinajstić information content (AvgIpc) is 3.14. The highest BCUT2D eigenvalue weighted by atomic mass is 16.5. The molecule has 2 aliphatic rings. The van der Waals surface area contributed by atoms with E-state index in [1.54, 1.807) is 6.07 Å². The van der Waals surface area contributed by atoms with Crippen molar-refractivity contribution in [1.82, 2.24) is 9.80 Å². The Kier molecular flexibility index (Phi) is 5.53. The van der Waals surface area contributed by atoms with Crippen molar-refractivity contribution in [2.45, 2.75) is 12.0 Å². The van der Waals surface area contributed by atoms with E-state index in [4.69, 9.17) is 20.5 Å². The largest absolute Gasteiger partial charge is 0.491 e. The summed E-state index contributed by atoms with van der Waals surface area (Å²) in [6.45, 7) is 5.61. The number of nitriles is 1. The van der Waals surface area contributed by atoms with Gasteiger partial charge < -0.3 is 15.2 Å². The minimum absolute atomic E-state index is 0.283. The Morgan fingerprint density at radius 1 is 1.32 bits per heavy atom. The fourth-order valence-electron chi connectivity index (χ4n) is 3.52. The van der Waals surface area contributed by atoms with E-state index in [0.717, 1.165) is 32.7 Å². The summed E-state index contributed by atoms with van der Waals surface area (Å²) in [4.78, 5) is 16.4. The van der Waals surface area contributed by atoms with Gasteiger partial charge in [0.15, 0.2) is 0 Å². The number of carbonyl (C=O) groups is 1. The van der Waals surface area contributed by atoms with Gasteiger partial charge in [-0.2, -0.15) is 5.26 Å². The summed E-state index contributed by atoms with van der Waals surface area (Å²) >= 11 is 0. The lowest BCUT2D eigenvalue weighted by atomic mass is 9.94. The topological polar surface area (TPSA) is 91.8 Å². The molecule has 0 aliphatic carbocycles. The van der Waals surface area contributed by atoms with Crippen LogP contribution in [0.15, 0.2) is 24.3 Å². The number of hydrogen-bond acceptors (Lipinski definition) is 6. The van der Waals surface area contributed by atoms with Crippen LogP contribution in [0, 0.1) is 11.3 Å². The molecule has 1 unspecified atom stereocenters. The van der Waals surface area contributed by atoms with Gasteiger partial charge in [0, 0.05) is 45.8 Å². The first kappa shape index (κ1) is 17.7. The molecule has 7 nitrogen and oxygen atoms in total. The summed E-state index contributed by atoms with van der Waals surface area (Å²) in [6, 6.07) is 9.39. The Balaban J connectivity index is 1.47. The third-order valence-corrected chi connectivity index (χ3v) is 5.11. The Hall–Kier alpha value is -2.14. The van der Waals surface area contributed by atoms with Gasteiger partial charge >= 0.3 is 0 Å². The van der Waals surface area contributed by atoms with Crippen molar-refractivity contribution in [3.8, 4) is 11.8 Å². The van der Waals surface area contributed by atoms with Gasteiger partial charge in [0.1, 0.15) is 24.0 Å². The van der Waals surface area contributed by atoms with E-state index in [0.29, 0.717) is 37.6 Å². The van der Waals surface area contributed by atoms with Crippen molar-refractivity contribution in [2.75, 3.05) is 52.5 Å². The summed E-state index contributed by atoms with van der Waals surface area (Å²) in [5.74, 6) is 0.342. The first-order chi connectivity index (χ1) is 12.2. The second-order valence-corrected chi connectivity index (χ2v) is 6.48. The molecule has 0 bridgehead atoms. The smallest absolute Gasteiger partial charge is 0.240 e. The molecule has 0 radical (unpaired) electrons. The second-order valence-electron chi connectivity index (χ2n) is 6.48. The maximum Gasteiger partial charge on any atom is 0.240 e. The summed E-state index contributed by atoms with van der Waals surface area (Å²) in [5.41, 5.74) is 5.57. The van der Waals surface area contributed by atoms with Crippen LogP contribution in [0.2, 0.25) is 0 Å². The summed E-state index contributed by atoms with van der Waals surface area (Å²) in [5, 5.41) is 9.07. The van der Waals surface area contributed by atoms with Crippen LogP contribution in [0.25, 0.3) is 0 Å². The SMILES string of the molecule is N#Cc1ccccc1OCCN1CCN(C2(C(N)=O)CCOC2)CC1. The van der Waals surface area contributed by atoms with E-state index in [-0.39, 0.29) is 5.91 Å². The lowest BCUT2D eigenvalue weighted by Gasteiger charge is -2.43. The van der Waals surface area contributed by atoms with Gasteiger partial charge in [-0.05, 0) is 12.1 Å². The monoisotopic (exact) mass is 344 g/mol. The van der Waals surface area contributed by atoms with Crippen molar-refractivity contribution >= 4 is 5.91 Å². The number of nitrogens with two attached hydrogens (primary N) is 1. The zero-order valence-electron chi connectivity index (χ0n) is 14.3. The van der Waals surface area contributed by atoms with E-state index in [9.17, 15) is 4.79 Å². The number of para-hydroxylation sites is 1. The van der Waals surface area contributed by atoms with Gasteiger partial charge in [-0.25, -0.2) is 0 Å². The molecule has 2 N–H and O–H groups in total. The number of ether oxygens (including phenoxy) is 2. The molecule has 0 aromatic heterocycles. The maximum absolute atomic E-state index is 11.9. The molecule has 2 saturated heterocycles. The molecule has 1 aromatic rings. The van der Waals surface area contributed by atoms with E-state index in [1.165, 1.54) is 0 Å². The zero-order valence-corrected chi connectivity index (χ0v) is 14.3. The molecule has 2 heterocycles. The number of amides is 1. The highest BCUT2D eigenvalue weighted by Gasteiger charge is 2.46. The molecule has 1 aromatic carbocycles. The average molecular weight is 344 g/mol. The van der Waals surface area contributed by atoms with Crippen LogP contribution in [-0.2, 0) is 9.53 Å². The van der Waals surface area contributed by atoms with Crippen LogP contribution in [0.4, 0.5) is 0 Å². The fourth-order valence-corrected chi connectivity index (χ4v) is 3.52. The minimum atomic E-state index is -0.631. The van der Waals surface area contributed by atoms with E-state index in [2.05, 4.69) is 15.9 Å². The Morgan fingerprint density at radius 3 is 2.72 bits per heavy atom. The second kappa shape index (κ2) is 7.83. The van der Waals surface area contributed by atoms with Crippen LogP contribution in [0.1, 0.15) is 12.0 Å². The van der Waals surface area contributed by atoms with E-state index in [1.807, 2.05) is 18.2 Å². The van der Waals surface area contributed by atoms with E-state index < -0.39 is 5.54 Å². The van der Waals surface area contributed by atoms with Crippen molar-refractivity contribution < 1.29 is 14.3 Å². The van der Waals surface area contributed by atoms with Gasteiger partial charge in [-0.3, -0.25) is 14.6 Å². The van der Waals surface area contributed by atoms with Gasteiger partial charge in [0.05, 0.1) is 12.2 Å². The molecular formula is C18H24N4O3. The van der Waals surface area contributed by atoms with Gasteiger partial charge in [-0.15, -0.1) is 0 Å². The highest BCUT2D eigenvalue weighted by Crippen LogP contribution is 2.27. The van der Waals surface area contributed by atoms with Crippen molar-refractivity contribution in [2.24, 2.45) is 5.73 Å². The molecular weight excluding hydrogens is 320 g/mol. The first-order valence-corrected chi connectivity index (χ1v) is 8.63. The van der Waals surface area contributed by atoms with Crippen LogP contribution in [0.3, 0.4) is 0 Å². The van der Waals surface area contributed by atoms with Gasteiger partial charge in [0.2, 0.25) is 5.91 Å². The number of rotatable bonds is 6. The normalized spacial score (nSPS) is 24.8. The Labute approximate surface area is 147 Å². The molecule has 0 spiro atoms. The van der Waals surface area contributed by atoms with E-state index >= 15 is 0 Å². The van der Waals surface area contributed by atoms with Crippen LogP contribution in [-0.4, -0.2) is 73.8 Å². The predicted molar refractivity (Wildman–Crippen MR) is 92.0 cm³/mol. The third kappa shape index (κ3) is 3.76. The lowest BCUT2D eigenvalue weighted by Crippen LogP contribution is -2.63. The molecule has 7 heteroatoms. The zero-order chi connectivity index (χ0) is 17.7. The standard InChI is InChI=1S/C18H24N4O3/c19-13-15-3-1-2-4-16(15)25-12-10-21-6-8-22(9-7-21)18(17(20)23)5-11-24-14-18/h1-4H,5-12,14H2,(H2,20,23).